The molecule has 1 atom stereocenters. The zero-order chi connectivity index (χ0) is 12.3. The zero-order valence-electron chi connectivity index (χ0n) is 10.3. The Kier molecular flexibility index (Phi) is 3.55. The van der Waals surface area contributed by atoms with Crippen molar-refractivity contribution in [2.75, 3.05) is 31.6 Å². The highest BCUT2D eigenvalue weighted by Gasteiger charge is 2.25. The van der Waals surface area contributed by atoms with Crippen LogP contribution in [-0.4, -0.2) is 47.8 Å². The molecule has 0 amide bonds. The lowest BCUT2D eigenvalue weighted by molar-refractivity contribution is 0.212. The van der Waals surface area contributed by atoms with E-state index < -0.39 is 0 Å². The minimum atomic E-state index is 0.525. The van der Waals surface area contributed by atoms with Crippen molar-refractivity contribution in [1.82, 2.24) is 15.1 Å². The normalized spacial score (nSPS) is 21.2. The first kappa shape index (κ1) is 11.8. The highest BCUT2D eigenvalue weighted by Crippen LogP contribution is 2.20. The Labute approximate surface area is 102 Å². The maximum Gasteiger partial charge on any atom is 0.169 e. The van der Waals surface area contributed by atoms with Crippen LogP contribution in [-0.2, 0) is 0 Å². The molecule has 0 saturated carbocycles. The fourth-order valence-corrected chi connectivity index (χ4v) is 2.22. The second-order valence-electron chi connectivity index (χ2n) is 4.37. The molecule has 1 aromatic heterocycles. The molecule has 90 valence electrons. The minimum absolute atomic E-state index is 0.525. The molecule has 2 rings (SSSR count). The number of nitrogens with zero attached hydrogens (tertiary/aromatic N) is 5. The van der Waals surface area contributed by atoms with Gasteiger partial charge in [0.05, 0.1) is 11.8 Å². The van der Waals surface area contributed by atoms with Gasteiger partial charge in [0.25, 0.3) is 0 Å². The van der Waals surface area contributed by atoms with E-state index in [4.69, 9.17) is 5.26 Å². The molecule has 1 aromatic rings. The first-order chi connectivity index (χ1) is 8.26. The van der Waals surface area contributed by atoms with E-state index in [9.17, 15) is 0 Å². The Morgan fingerprint density at radius 1 is 1.53 bits per heavy atom. The van der Waals surface area contributed by atoms with Crippen LogP contribution in [0.2, 0.25) is 0 Å². The van der Waals surface area contributed by atoms with Gasteiger partial charge < -0.3 is 4.90 Å². The van der Waals surface area contributed by atoms with Gasteiger partial charge in [0.15, 0.2) is 5.82 Å². The Bertz CT molecular complexity index is 425. The van der Waals surface area contributed by atoms with E-state index in [1.54, 1.807) is 12.3 Å². The number of likely N-dealkylation sites (N-methyl/N-ethyl adjacent to an activating group) is 1. The number of hydrogen-bond donors (Lipinski definition) is 0. The molecule has 0 aromatic carbocycles. The van der Waals surface area contributed by atoms with Crippen LogP contribution in [0.25, 0.3) is 0 Å². The molecule has 2 heterocycles. The van der Waals surface area contributed by atoms with Crippen molar-refractivity contribution in [1.29, 1.82) is 5.26 Å². The Balaban J connectivity index is 2.21. The third-order valence-corrected chi connectivity index (χ3v) is 3.37. The lowest BCUT2D eigenvalue weighted by atomic mass is 10.1. The SMILES string of the molecule is CCC1CN(c2nnccc2C#N)CCN1C. The van der Waals surface area contributed by atoms with Crippen LogP contribution in [0.15, 0.2) is 12.3 Å². The smallest absolute Gasteiger partial charge is 0.169 e. The van der Waals surface area contributed by atoms with E-state index in [1.165, 1.54) is 0 Å². The van der Waals surface area contributed by atoms with Crippen LogP contribution in [0.4, 0.5) is 5.82 Å². The van der Waals surface area contributed by atoms with Crippen molar-refractivity contribution in [3.63, 3.8) is 0 Å². The largest absolute Gasteiger partial charge is 0.351 e. The molecule has 0 spiro atoms. The maximum atomic E-state index is 9.07. The van der Waals surface area contributed by atoms with Crippen LogP contribution < -0.4 is 4.90 Å². The average Bonchev–Trinajstić information content (AvgIpc) is 2.39. The van der Waals surface area contributed by atoms with Gasteiger partial charge in [0.2, 0.25) is 0 Å². The third-order valence-electron chi connectivity index (χ3n) is 3.37. The van der Waals surface area contributed by atoms with Gasteiger partial charge in [-0.3, -0.25) is 4.90 Å². The molecule has 1 aliphatic heterocycles. The fourth-order valence-electron chi connectivity index (χ4n) is 2.22. The summed E-state index contributed by atoms with van der Waals surface area (Å²) in [6.07, 6.45) is 2.67. The van der Waals surface area contributed by atoms with Crippen molar-refractivity contribution in [3.8, 4) is 6.07 Å². The van der Waals surface area contributed by atoms with Crippen molar-refractivity contribution in [2.45, 2.75) is 19.4 Å². The molecule has 1 unspecified atom stereocenters. The van der Waals surface area contributed by atoms with Gasteiger partial charge in [0.1, 0.15) is 6.07 Å². The quantitative estimate of drug-likeness (QED) is 0.756. The predicted molar refractivity (Wildman–Crippen MR) is 65.7 cm³/mol. The molecule has 0 aliphatic carbocycles. The summed E-state index contributed by atoms with van der Waals surface area (Å²) in [6.45, 7) is 5.01. The van der Waals surface area contributed by atoms with Gasteiger partial charge in [-0.15, -0.1) is 5.10 Å². The first-order valence-electron chi connectivity index (χ1n) is 5.93. The van der Waals surface area contributed by atoms with Crippen molar-refractivity contribution < 1.29 is 0 Å². The summed E-state index contributed by atoms with van der Waals surface area (Å²) >= 11 is 0. The van der Waals surface area contributed by atoms with E-state index >= 15 is 0 Å². The van der Waals surface area contributed by atoms with Crippen LogP contribution in [0, 0.1) is 11.3 Å². The molecule has 1 aliphatic rings. The number of nitriles is 1. The van der Waals surface area contributed by atoms with Gasteiger partial charge in [-0.05, 0) is 19.5 Å². The molecule has 0 bridgehead atoms. The number of piperazine rings is 1. The molecule has 0 N–H and O–H groups in total. The van der Waals surface area contributed by atoms with Crippen LogP contribution in [0.1, 0.15) is 18.9 Å². The second-order valence-corrected chi connectivity index (χ2v) is 4.37. The number of anilines is 1. The number of rotatable bonds is 2. The van der Waals surface area contributed by atoms with Gasteiger partial charge in [0, 0.05) is 25.7 Å². The van der Waals surface area contributed by atoms with E-state index in [2.05, 4.69) is 40.0 Å². The summed E-state index contributed by atoms with van der Waals surface area (Å²) in [6, 6.07) is 4.43. The highest BCUT2D eigenvalue weighted by molar-refractivity contribution is 5.52. The number of hydrogen-bond acceptors (Lipinski definition) is 5. The van der Waals surface area contributed by atoms with Gasteiger partial charge >= 0.3 is 0 Å². The molecular weight excluding hydrogens is 214 g/mol. The van der Waals surface area contributed by atoms with Crippen molar-refractivity contribution in [2.24, 2.45) is 0 Å². The van der Waals surface area contributed by atoms with E-state index in [0.29, 0.717) is 11.6 Å². The van der Waals surface area contributed by atoms with Gasteiger partial charge in [-0.1, -0.05) is 6.92 Å². The lowest BCUT2D eigenvalue weighted by Crippen LogP contribution is -2.51. The molecule has 5 heteroatoms. The summed E-state index contributed by atoms with van der Waals surface area (Å²) < 4.78 is 0. The lowest BCUT2D eigenvalue weighted by Gasteiger charge is -2.39. The Morgan fingerprint density at radius 3 is 3.06 bits per heavy atom. The second kappa shape index (κ2) is 5.11. The zero-order valence-corrected chi connectivity index (χ0v) is 10.3. The third kappa shape index (κ3) is 2.37. The molecule has 1 saturated heterocycles. The molecule has 17 heavy (non-hydrogen) atoms. The first-order valence-corrected chi connectivity index (χ1v) is 5.93. The van der Waals surface area contributed by atoms with Crippen LogP contribution in [0.3, 0.4) is 0 Å². The molecule has 5 nitrogen and oxygen atoms in total. The molecule has 1 fully saturated rings. The predicted octanol–water partition coefficient (Wildman–Crippen LogP) is 0.879. The summed E-state index contributed by atoms with van der Waals surface area (Å²) in [5.74, 6) is 0.724. The summed E-state index contributed by atoms with van der Waals surface area (Å²) in [5.41, 5.74) is 0.611. The fraction of sp³-hybridized carbons (Fsp3) is 0.583. The summed E-state index contributed by atoms with van der Waals surface area (Å²) in [7, 11) is 2.15. The van der Waals surface area contributed by atoms with Crippen molar-refractivity contribution >= 4 is 5.82 Å². The topological polar surface area (TPSA) is 56.1 Å². The van der Waals surface area contributed by atoms with Gasteiger partial charge in [-0.2, -0.15) is 10.4 Å². The van der Waals surface area contributed by atoms with E-state index in [1.807, 2.05) is 0 Å². The van der Waals surface area contributed by atoms with Crippen LogP contribution >= 0.6 is 0 Å². The highest BCUT2D eigenvalue weighted by atomic mass is 15.3. The van der Waals surface area contributed by atoms with E-state index in [0.717, 1.165) is 31.9 Å². The minimum Gasteiger partial charge on any atom is -0.351 e. The van der Waals surface area contributed by atoms with E-state index in [-0.39, 0.29) is 0 Å². The van der Waals surface area contributed by atoms with Crippen molar-refractivity contribution in [3.05, 3.63) is 17.8 Å². The Morgan fingerprint density at radius 2 is 2.35 bits per heavy atom. The number of aromatic nitrogens is 2. The molecular formula is C12H17N5. The monoisotopic (exact) mass is 231 g/mol. The van der Waals surface area contributed by atoms with Gasteiger partial charge in [-0.25, -0.2) is 0 Å². The average molecular weight is 231 g/mol. The summed E-state index contributed by atoms with van der Waals surface area (Å²) in [5, 5.41) is 17.1. The Hall–Kier alpha value is -1.67. The maximum absolute atomic E-state index is 9.07. The van der Waals surface area contributed by atoms with Crippen LogP contribution in [0.5, 0.6) is 0 Å². The standard InChI is InChI=1S/C12H17N5/c1-3-11-9-17(7-6-16(11)2)12-10(8-13)4-5-14-15-12/h4-5,11H,3,6-7,9H2,1-2H3. The summed E-state index contributed by atoms with van der Waals surface area (Å²) in [4.78, 5) is 4.53. The molecule has 0 radical (unpaired) electrons.